The van der Waals surface area contributed by atoms with E-state index in [1.54, 1.807) is 19.2 Å². The largest absolute Gasteiger partial charge is 0.356 e. The van der Waals surface area contributed by atoms with Crippen molar-refractivity contribution in [3.63, 3.8) is 0 Å². The molecule has 0 saturated carbocycles. The molecule has 4 heteroatoms. The van der Waals surface area contributed by atoms with E-state index < -0.39 is 0 Å². The highest BCUT2D eigenvalue weighted by Crippen LogP contribution is 2.25. The summed E-state index contributed by atoms with van der Waals surface area (Å²) in [4.78, 5) is 0. The Hall–Kier alpha value is -1.68. The molecular formula is C15H19FN2O. The Balaban J connectivity index is 2.16. The quantitative estimate of drug-likeness (QED) is 0.895. The fourth-order valence-corrected chi connectivity index (χ4v) is 1.85. The first kappa shape index (κ1) is 13.7. The Bertz CT molecular complexity index is 549. The molecule has 0 aliphatic carbocycles. The number of aromatic nitrogens is 1. The van der Waals surface area contributed by atoms with Crippen LogP contribution in [0, 0.1) is 18.7 Å². The molecule has 2 rings (SSSR count). The highest BCUT2D eigenvalue weighted by atomic mass is 19.1. The maximum atomic E-state index is 13.6. The molecule has 2 aromatic rings. The molecule has 0 unspecified atom stereocenters. The summed E-state index contributed by atoms with van der Waals surface area (Å²) >= 11 is 0. The standard InChI is InChI=1S/C15H19FN2O/c1-10(2)7-17-8-13-9-18-19-15(13)12-5-4-11(3)14(16)6-12/h4-6,9-10,17H,7-8H2,1-3H3. The summed E-state index contributed by atoms with van der Waals surface area (Å²) in [5.41, 5.74) is 2.30. The van der Waals surface area contributed by atoms with Gasteiger partial charge in [-0.05, 0) is 31.0 Å². The lowest BCUT2D eigenvalue weighted by atomic mass is 10.1. The Labute approximate surface area is 112 Å². The van der Waals surface area contributed by atoms with Crippen LogP contribution in [0.15, 0.2) is 28.9 Å². The molecule has 0 atom stereocenters. The van der Waals surface area contributed by atoms with Gasteiger partial charge in [-0.2, -0.15) is 0 Å². The van der Waals surface area contributed by atoms with Crippen LogP contribution < -0.4 is 5.32 Å². The van der Waals surface area contributed by atoms with Gasteiger partial charge < -0.3 is 9.84 Å². The van der Waals surface area contributed by atoms with Crippen molar-refractivity contribution in [2.24, 2.45) is 5.92 Å². The smallest absolute Gasteiger partial charge is 0.171 e. The average molecular weight is 262 g/mol. The van der Waals surface area contributed by atoms with Gasteiger partial charge in [0.2, 0.25) is 0 Å². The van der Waals surface area contributed by atoms with E-state index in [4.69, 9.17) is 4.52 Å². The molecule has 1 N–H and O–H groups in total. The van der Waals surface area contributed by atoms with E-state index in [9.17, 15) is 4.39 Å². The van der Waals surface area contributed by atoms with Gasteiger partial charge in [0.15, 0.2) is 5.76 Å². The van der Waals surface area contributed by atoms with E-state index >= 15 is 0 Å². The summed E-state index contributed by atoms with van der Waals surface area (Å²) in [5.74, 6) is 0.991. The molecule has 19 heavy (non-hydrogen) atoms. The SMILES string of the molecule is Cc1ccc(-c2oncc2CNCC(C)C)cc1F. The molecule has 3 nitrogen and oxygen atoms in total. The Kier molecular flexibility index (Phi) is 4.32. The maximum Gasteiger partial charge on any atom is 0.171 e. The molecule has 0 bridgehead atoms. The normalized spacial score (nSPS) is 11.2. The molecule has 1 heterocycles. The number of nitrogens with one attached hydrogen (secondary N) is 1. The van der Waals surface area contributed by atoms with E-state index in [-0.39, 0.29) is 5.82 Å². The van der Waals surface area contributed by atoms with Crippen molar-refractivity contribution in [1.29, 1.82) is 0 Å². The third kappa shape index (κ3) is 3.41. The number of rotatable bonds is 5. The third-order valence-electron chi connectivity index (χ3n) is 2.95. The minimum absolute atomic E-state index is 0.227. The fourth-order valence-electron chi connectivity index (χ4n) is 1.85. The average Bonchev–Trinajstić information content (AvgIpc) is 2.80. The Morgan fingerprint density at radius 2 is 2.16 bits per heavy atom. The van der Waals surface area contributed by atoms with Gasteiger partial charge in [-0.1, -0.05) is 31.1 Å². The second-order valence-electron chi connectivity index (χ2n) is 5.17. The summed E-state index contributed by atoms with van der Waals surface area (Å²) in [6.07, 6.45) is 1.68. The summed E-state index contributed by atoms with van der Waals surface area (Å²) in [7, 11) is 0. The molecule has 0 aliphatic heterocycles. The third-order valence-corrected chi connectivity index (χ3v) is 2.95. The van der Waals surface area contributed by atoms with Crippen LogP contribution in [0.5, 0.6) is 0 Å². The number of nitrogens with zero attached hydrogens (tertiary/aromatic N) is 1. The monoisotopic (exact) mass is 262 g/mol. The summed E-state index contributed by atoms with van der Waals surface area (Å²) in [5, 5.41) is 7.14. The van der Waals surface area contributed by atoms with E-state index in [1.165, 1.54) is 6.07 Å². The van der Waals surface area contributed by atoms with Gasteiger partial charge in [-0.15, -0.1) is 0 Å². The zero-order valence-corrected chi connectivity index (χ0v) is 11.5. The van der Waals surface area contributed by atoms with Crippen LogP contribution in [-0.2, 0) is 6.54 Å². The second kappa shape index (κ2) is 5.97. The van der Waals surface area contributed by atoms with Gasteiger partial charge in [0, 0.05) is 17.7 Å². The van der Waals surface area contributed by atoms with E-state index in [0.29, 0.717) is 23.8 Å². The van der Waals surface area contributed by atoms with Crippen LogP contribution in [0.4, 0.5) is 4.39 Å². The summed E-state index contributed by atoms with van der Waals surface area (Å²) in [6, 6.07) is 5.09. The minimum Gasteiger partial charge on any atom is -0.356 e. The molecule has 0 amide bonds. The lowest BCUT2D eigenvalue weighted by Crippen LogP contribution is -2.18. The number of aryl methyl sites for hydroxylation is 1. The topological polar surface area (TPSA) is 38.1 Å². The van der Waals surface area contributed by atoms with Gasteiger partial charge in [0.25, 0.3) is 0 Å². The lowest BCUT2D eigenvalue weighted by molar-refractivity contribution is 0.431. The van der Waals surface area contributed by atoms with Crippen LogP contribution in [-0.4, -0.2) is 11.7 Å². The van der Waals surface area contributed by atoms with Crippen LogP contribution in [0.1, 0.15) is 25.0 Å². The molecule has 0 aliphatic rings. The lowest BCUT2D eigenvalue weighted by Gasteiger charge is -2.07. The van der Waals surface area contributed by atoms with Crippen molar-refractivity contribution in [1.82, 2.24) is 10.5 Å². The first-order valence-corrected chi connectivity index (χ1v) is 6.48. The molecular weight excluding hydrogens is 243 g/mol. The van der Waals surface area contributed by atoms with Crippen molar-refractivity contribution in [3.8, 4) is 11.3 Å². The van der Waals surface area contributed by atoms with Gasteiger partial charge in [-0.3, -0.25) is 0 Å². The van der Waals surface area contributed by atoms with Crippen molar-refractivity contribution >= 4 is 0 Å². The molecule has 0 saturated heterocycles. The molecule has 0 fully saturated rings. The van der Waals surface area contributed by atoms with E-state index in [1.807, 2.05) is 6.07 Å². The molecule has 102 valence electrons. The van der Waals surface area contributed by atoms with Crippen molar-refractivity contribution in [2.75, 3.05) is 6.54 Å². The fraction of sp³-hybridized carbons (Fsp3) is 0.400. The number of hydrogen-bond acceptors (Lipinski definition) is 3. The van der Waals surface area contributed by atoms with Crippen LogP contribution in [0.3, 0.4) is 0 Å². The van der Waals surface area contributed by atoms with Gasteiger partial charge in [0.1, 0.15) is 5.82 Å². The molecule has 1 aromatic carbocycles. The highest BCUT2D eigenvalue weighted by molar-refractivity contribution is 5.61. The predicted octanol–water partition coefficient (Wildman–Crippen LogP) is 3.53. The zero-order valence-electron chi connectivity index (χ0n) is 11.5. The first-order chi connectivity index (χ1) is 9.08. The summed E-state index contributed by atoms with van der Waals surface area (Å²) < 4.78 is 18.8. The minimum atomic E-state index is -0.227. The molecule has 0 radical (unpaired) electrons. The second-order valence-corrected chi connectivity index (χ2v) is 5.17. The van der Waals surface area contributed by atoms with E-state index in [2.05, 4.69) is 24.3 Å². The highest BCUT2D eigenvalue weighted by Gasteiger charge is 2.12. The Morgan fingerprint density at radius 1 is 1.37 bits per heavy atom. The molecule has 0 spiro atoms. The Morgan fingerprint density at radius 3 is 2.84 bits per heavy atom. The van der Waals surface area contributed by atoms with E-state index in [0.717, 1.165) is 17.7 Å². The molecule has 1 aromatic heterocycles. The zero-order chi connectivity index (χ0) is 13.8. The van der Waals surface area contributed by atoms with Gasteiger partial charge >= 0.3 is 0 Å². The number of hydrogen-bond donors (Lipinski definition) is 1. The van der Waals surface area contributed by atoms with Gasteiger partial charge in [-0.25, -0.2) is 4.39 Å². The van der Waals surface area contributed by atoms with Crippen LogP contribution >= 0.6 is 0 Å². The number of halogens is 1. The maximum absolute atomic E-state index is 13.6. The predicted molar refractivity (Wildman–Crippen MR) is 73.2 cm³/mol. The van der Waals surface area contributed by atoms with Crippen molar-refractivity contribution in [2.45, 2.75) is 27.3 Å². The van der Waals surface area contributed by atoms with Crippen molar-refractivity contribution in [3.05, 3.63) is 41.3 Å². The van der Waals surface area contributed by atoms with Crippen LogP contribution in [0.25, 0.3) is 11.3 Å². The van der Waals surface area contributed by atoms with Gasteiger partial charge in [0.05, 0.1) is 6.20 Å². The van der Waals surface area contributed by atoms with Crippen molar-refractivity contribution < 1.29 is 8.91 Å². The first-order valence-electron chi connectivity index (χ1n) is 6.48. The number of benzene rings is 1. The van der Waals surface area contributed by atoms with Crippen LogP contribution in [0.2, 0.25) is 0 Å². The summed E-state index contributed by atoms with van der Waals surface area (Å²) in [6.45, 7) is 7.64.